The Kier molecular flexibility index (Phi) is 12.3. The van der Waals surface area contributed by atoms with Crippen LogP contribution in [0.4, 0.5) is 0 Å². The predicted octanol–water partition coefficient (Wildman–Crippen LogP) is 8.80. The Bertz CT molecular complexity index is 627. The van der Waals surface area contributed by atoms with Gasteiger partial charge >= 0.3 is 0 Å². The summed E-state index contributed by atoms with van der Waals surface area (Å²) >= 11 is 0. The van der Waals surface area contributed by atoms with Crippen molar-refractivity contribution in [1.29, 1.82) is 0 Å². The molecule has 0 aliphatic heterocycles. The van der Waals surface area contributed by atoms with E-state index in [9.17, 15) is 0 Å². The third-order valence-electron chi connectivity index (χ3n) is 5.72. The molecule has 0 amide bonds. The zero-order chi connectivity index (χ0) is 20.8. The third kappa shape index (κ3) is 9.93. The molecule has 3 aliphatic carbocycles. The number of allylic oxidation sites excluding steroid dienone is 6. The lowest BCUT2D eigenvalue weighted by molar-refractivity contribution is 0.493. The molecule has 1 aromatic carbocycles. The van der Waals surface area contributed by atoms with Gasteiger partial charge in [0.1, 0.15) is 0 Å². The maximum atomic E-state index is 3.67. The highest BCUT2D eigenvalue weighted by atomic mass is 14.4. The largest absolute Gasteiger partial charge is 0.0985 e. The Labute approximate surface area is 175 Å². The number of fused-ring (bicyclic) bond motifs is 2. The van der Waals surface area contributed by atoms with Gasteiger partial charge in [-0.1, -0.05) is 92.8 Å². The SMILES string of the molecule is C=Cc1cccc(C)c1.CC1C=CCCC1.CC1CC2C=CC1C2.CC=CC. The van der Waals surface area contributed by atoms with E-state index in [1.54, 1.807) is 0 Å². The highest BCUT2D eigenvalue weighted by Gasteiger charge is 2.32. The van der Waals surface area contributed by atoms with Crippen molar-refractivity contribution in [2.24, 2.45) is 23.7 Å². The average molecular weight is 379 g/mol. The van der Waals surface area contributed by atoms with E-state index in [4.69, 9.17) is 0 Å². The van der Waals surface area contributed by atoms with Crippen LogP contribution in [0.3, 0.4) is 0 Å². The summed E-state index contributed by atoms with van der Waals surface area (Å²) < 4.78 is 0. The van der Waals surface area contributed by atoms with Crippen molar-refractivity contribution in [2.45, 2.75) is 66.7 Å². The summed E-state index contributed by atoms with van der Waals surface area (Å²) in [6, 6.07) is 8.26. The van der Waals surface area contributed by atoms with E-state index >= 15 is 0 Å². The van der Waals surface area contributed by atoms with Crippen LogP contribution in [-0.2, 0) is 0 Å². The first-order valence-electron chi connectivity index (χ1n) is 11.1. The van der Waals surface area contributed by atoms with Crippen LogP contribution < -0.4 is 0 Å². The summed E-state index contributed by atoms with van der Waals surface area (Å²) in [4.78, 5) is 0. The van der Waals surface area contributed by atoms with Crippen LogP contribution in [0.15, 0.2) is 67.3 Å². The molecule has 154 valence electrons. The molecule has 0 nitrogen and oxygen atoms in total. The van der Waals surface area contributed by atoms with Crippen LogP contribution >= 0.6 is 0 Å². The maximum Gasteiger partial charge on any atom is -0.0202 e. The molecule has 1 saturated carbocycles. The van der Waals surface area contributed by atoms with E-state index in [1.165, 1.54) is 43.2 Å². The second-order valence-electron chi connectivity index (χ2n) is 8.38. The highest BCUT2D eigenvalue weighted by molar-refractivity contribution is 5.47. The number of aryl methyl sites for hydroxylation is 1. The van der Waals surface area contributed by atoms with Gasteiger partial charge in [-0.3, -0.25) is 0 Å². The van der Waals surface area contributed by atoms with Crippen LogP contribution in [0.2, 0.25) is 0 Å². The lowest BCUT2D eigenvalue weighted by Gasteiger charge is -2.09. The summed E-state index contributed by atoms with van der Waals surface area (Å²) in [6.07, 6.45) is 22.3. The number of benzene rings is 1. The summed E-state index contributed by atoms with van der Waals surface area (Å²) in [5.74, 6) is 3.77. The van der Waals surface area contributed by atoms with Gasteiger partial charge in [-0.05, 0) is 82.1 Å². The Morgan fingerprint density at radius 2 is 1.75 bits per heavy atom. The molecule has 0 spiro atoms. The Morgan fingerprint density at radius 3 is 2.04 bits per heavy atom. The fourth-order valence-electron chi connectivity index (χ4n) is 3.84. The molecule has 4 atom stereocenters. The fraction of sp³-hybridized carbons (Fsp3) is 0.500. The van der Waals surface area contributed by atoms with E-state index in [2.05, 4.69) is 63.8 Å². The zero-order valence-corrected chi connectivity index (χ0v) is 18.9. The molecule has 0 saturated heterocycles. The smallest absolute Gasteiger partial charge is 0.0202 e. The minimum atomic E-state index is 0.855. The van der Waals surface area contributed by atoms with Crippen molar-refractivity contribution >= 4 is 6.08 Å². The molecular weight excluding hydrogens is 336 g/mol. The molecule has 0 radical (unpaired) electrons. The molecule has 2 bridgehead atoms. The third-order valence-corrected chi connectivity index (χ3v) is 5.72. The molecular formula is C28H42. The number of rotatable bonds is 1. The Morgan fingerprint density at radius 1 is 1.00 bits per heavy atom. The van der Waals surface area contributed by atoms with E-state index in [1.807, 2.05) is 44.2 Å². The monoisotopic (exact) mass is 378 g/mol. The van der Waals surface area contributed by atoms with Crippen LogP contribution in [0, 0.1) is 30.6 Å². The molecule has 0 heteroatoms. The van der Waals surface area contributed by atoms with Crippen molar-refractivity contribution in [3.8, 4) is 0 Å². The first-order chi connectivity index (χ1) is 13.5. The normalized spacial score (nSPS) is 26.5. The molecule has 0 aromatic heterocycles. The van der Waals surface area contributed by atoms with Crippen molar-refractivity contribution in [1.82, 2.24) is 0 Å². The summed E-state index contributed by atoms with van der Waals surface area (Å²) in [7, 11) is 0. The highest BCUT2D eigenvalue weighted by Crippen LogP contribution is 2.42. The topological polar surface area (TPSA) is 0 Å². The molecule has 1 fully saturated rings. The fourth-order valence-corrected chi connectivity index (χ4v) is 3.84. The second kappa shape index (κ2) is 14.2. The maximum absolute atomic E-state index is 3.67. The summed E-state index contributed by atoms with van der Waals surface area (Å²) in [5, 5.41) is 0. The van der Waals surface area contributed by atoms with Gasteiger partial charge < -0.3 is 0 Å². The quantitative estimate of drug-likeness (QED) is 0.428. The summed E-state index contributed by atoms with van der Waals surface area (Å²) in [5.41, 5.74) is 2.47. The van der Waals surface area contributed by atoms with E-state index in [0.29, 0.717) is 0 Å². The van der Waals surface area contributed by atoms with Crippen LogP contribution in [-0.4, -0.2) is 0 Å². The molecule has 1 aromatic rings. The van der Waals surface area contributed by atoms with Gasteiger partial charge in [0.05, 0.1) is 0 Å². The summed E-state index contributed by atoms with van der Waals surface area (Å²) in [6.45, 7) is 14.4. The van der Waals surface area contributed by atoms with Gasteiger partial charge in [0.2, 0.25) is 0 Å². The Hall–Kier alpha value is -1.82. The van der Waals surface area contributed by atoms with E-state index in [-0.39, 0.29) is 0 Å². The predicted molar refractivity (Wildman–Crippen MR) is 128 cm³/mol. The van der Waals surface area contributed by atoms with E-state index < -0.39 is 0 Å². The first kappa shape index (κ1) is 24.2. The molecule has 4 rings (SSSR count). The number of hydrogen-bond donors (Lipinski definition) is 0. The minimum absolute atomic E-state index is 0.855. The molecule has 4 unspecified atom stereocenters. The molecule has 0 heterocycles. The van der Waals surface area contributed by atoms with Crippen molar-refractivity contribution < 1.29 is 0 Å². The van der Waals surface area contributed by atoms with Crippen molar-refractivity contribution in [3.63, 3.8) is 0 Å². The first-order valence-corrected chi connectivity index (χ1v) is 11.1. The molecule has 28 heavy (non-hydrogen) atoms. The standard InChI is InChI=1S/C9H10.C8H12.C7H12.C4H8/c1-3-9-6-4-5-8(2)7-9;1-6-4-7-2-3-8(6)5-7;1-7-5-3-2-4-6-7;1-3-4-2/h3-7H,1H2,2H3;2-3,6-8H,4-5H2,1H3;3,5,7H,2,4,6H2,1H3;3-4H,1-2H3. The van der Waals surface area contributed by atoms with Gasteiger partial charge in [0.15, 0.2) is 0 Å². The second-order valence-corrected chi connectivity index (χ2v) is 8.38. The van der Waals surface area contributed by atoms with Gasteiger partial charge in [-0.25, -0.2) is 0 Å². The van der Waals surface area contributed by atoms with Gasteiger partial charge in [0, 0.05) is 0 Å². The Balaban J connectivity index is 0.000000193. The lowest BCUT2D eigenvalue weighted by Crippen LogP contribution is -1.99. The van der Waals surface area contributed by atoms with Gasteiger partial charge in [-0.2, -0.15) is 0 Å². The van der Waals surface area contributed by atoms with Crippen molar-refractivity contribution in [2.75, 3.05) is 0 Å². The van der Waals surface area contributed by atoms with Crippen LogP contribution in [0.25, 0.3) is 6.08 Å². The van der Waals surface area contributed by atoms with Crippen LogP contribution in [0.1, 0.15) is 70.9 Å². The van der Waals surface area contributed by atoms with Crippen molar-refractivity contribution in [3.05, 3.63) is 78.4 Å². The minimum Gasteiger partial charge on any atom is -0.0985 e. The molecule has 3 aliphatic rings. The average Bonchev–Trinajstić information content (AvgIpc) is 3.32. The molecule has 0 N–H and O–H groups in total. The van der Waals surface area contributed by atoms with Crippen LogP contribution in [0.5, 0.6) is 0 Å². The number of hydrogen-bond acceptors (Lipinski definition) is 0. The van der Waals surface area contributed by atoms with E-state index in [0.717, 1.165) is 23.7 Å². The zero-order valence-electron chi connectivity index (χ0n) is 18.9. The lowest BCUT2D eigenvalue weighted by atomic mass is 9.96. The van der Waals surface area contributed by atoms with Gasteiger partial charge in [0.25, 0.3) is 0 Å². The van der Waals surface area contributed by atoms with Gasteiger partial charge in [-0.15, -0.1) is 0 Å².